The van der Waals surface area contributed by atoms with Crippen molar-refractivity contribution in [3.8, 4) is 5.75 Å². The summed E-state index contributed by atoms with van der Waals surface area (Å²) in [7, 11) is 1.53. The van der Waals surface area contributed by atoms with Crippen LogP contribution in [-0.4, -0.2) is 30.5 Å². The van der Waals surface area contributed by atoms with Gasteiger partial charge in [0, 0.05) is 52.4 Å². The first-order valence-corrected chi connectivity index (χ1v) is 11.0. The number of amides is 1. The zero-order chi connectivity index (χ0) is 22.0. The second-order valence-electron chi connectivity index (χ2n) is 8.75. The Labute approximate surface area is 182 Å². The van der Waals surface area contributed by atoms with Crippen LogP contribution in [-0.2, 0) is 0 Å². The van der Waals surface area contributed by atoms with Gasteiger partial charge in [0.05, 0.1) is 12.8 Å². The number of pyridine rings is 1. The predicted molar refractivity (Wildman–Crippen MR) is 120 cm³/mol. The maximum atomic E-state index is 12.9. The molecule has 0 unspecified atom stereocenters. The predicted octanol–water partition coefficient (Wildman–Crippen LogP) is 3.93. The van der Waals surface area contributed by atoms with E-state index in [0.29, 0.717) is 29.1 Å². The zero-order valence-electron chi connectivity index (χ0n) is 18.2. The van der Waals surface area contributed by atoms with Crippen LogP contribution >= 0.6 is 0 Å². The van der Waals surface area contributed by atoms with E-state index < -0.39 is 5.91 Å². The van der Waals surface area contributed by atoms with Crippen LogP contribution in [0.5, 0.6) is 5.75 Å². The summed E-state index contributed by atoms with van der Waals surface area (Å²) in [5.41, 5.74) is 8.89. The van der Waals surface area contributed by atoms with E-state index in [1.54, 1.807) is 30.5 Å². The van der Waals surface area contributed by atoms with Gasteiger partial charge in [-0.1, -0.05) is 6.92 Å². The molecule has 2 aliphatic rings. The van der Waals surface area contributed by atoms with Gasteiger partial charge in [0.25, 0.3) is 0 Å². The fraction of sp³-hybridized carbons (Fsp3) is 0.458. The largest absolute Gasteiger partial charge is 0.494 e. The number of carbonyl (C=O) groups excluding carboxylic acids is 1. The number of benzene rings is 1. The molecule has 1 aromatic carbocycles. The number of nitrogens with zero attached hydrogens (tertiary/aromatic N) is 2. The van der Waals surface area contributed by atoms with E-state index >= 15 is 0 Å². The first kappa shape index (κ1) is 21.2. The Morgan fingerprint density at radius 2 is 1.97 bits per heavy atom. The fourth-order valence-electron chi connectivity index (χ4n) is 4.13. The van der Waals surface area contributed by atoms with Crippen LogP contribution in [0.25, 0.3) is 0 Å². The van der Waals surface area contributed by atoms with Crippen molar-refractivity contribution in [2.24, 2.45) is 10.9 Å². The second-order valence-corrected chi connectivity index (χ2v) is 8.75. The Morgan fingerprint density at radius 1 is 1.23 bits per heavy atom. The Balaban J connectivity index is 1.55. The summed E-state index contributed by atoms with van der Waals surface area (Å²) in [6.07, 6.45) is 8.42. The van der Waals surface area contributed by atoms with Crippen molar-refractivity contribution in [3.05, 3.63) is 47.3 Å². The molecule has 1 aromatic heterocycles. The van der Waals surface area contributed by atoms with Crippen molar-refractivity contribution in [3.63, 3.8) is 0 Å². The number of hydrogen-bond donors (Lipinski definition) is 3. The van der Waals surface area contributed by atoms with Crippen LogP contribution in [0.4, 0.5) is 11.4 Å². The van der Waals surface area contributed by atoms with E-state index in [9.17, 15) is 10.0 Å². The number of aromatic nitrogens is 1. The molecule has 7 heteroatoms. The molecule has 0 aliphatic heterocycles. The molecule has 31 heavy (non-hydrogen) atoms. The molecule has 4 rings (SSSR count). The monoisotopic (exact) mass is 423 g/mol. The molecule has 164 valence electrons. The Bertz CT molecular complexity index is 993. The lowest BCUT2D eigenvalue weighted by Gasteiger charge is -2.23. The van der Waals surface area contributed by atoms with Crippen LogP contribution < -0.4 is 20.5 Å². The number of aliphatic imine (C=N–C) groups is 1. The average molecular weight is 424 g/mol. The van der Waals surface area contributed by atoms with Crippen molar-refractivity contribution >= 4 is 23.5 Å². The van der Waals surface area contributed by atoms with Crippen molar-refractivity contribution in [1.82, 2.24) is 0 Å². The van der Waals surface area contributed by atoms with Gasteiger partial charge in [0.2, 0.25) is 5.69 Å². The van der Waals surface area contributed by atoms with Crippen LogP contribution in [0.1, 0.15) is 73.1 Å². The second kappa shape index (κ2) is 8.96. The maximum Gasteiger partial charge on any atom is 0.325 e. The number of hydrogen-bond acceptors (Lipinski definition) is 5. The number of anilines is 2. The molecule has 1 heterocycles. The van der Waals surface area contributed by atoms with Gasteiger partial charge in [-0.15, -0.1) is 0 Å². The average Bonchev–Trinajstić information content (AvgIpc) is 3.60. The van der Waals surface area contributed by atoms with Crippen LogP contribution in [0, 0.1) is 5.92 Å². The Morgan fingerprint density at radius 3 is 2.65 bits per heavy atom. The number of nitrogens with one attached hydrogen (secondary N) is 1. The van der Waals surface area contributed by atoms with Gasteiger partial charge < -0.3 is 15.8 Å². The van der Waals surface area contributed by atoms with Gasteiger partial charge in [-0.2, -0.15) is 0 Å². The minimum atomic E-state index is -0.419. The van der Waals surface area contributed by atoms with Gasteiger partial charge in [-0.3, -0.25) is 15.0 Å². The van der Waals surface area contributed by atoms with Gasteiger partial charge in [0.15, 0.2) is 0 Å². The summed E-state index contributed by atoms with van der Waals surface area (Å²) in [5, 5.41) is 13.4. The van der Waals surface area contributed by atoms with E-state index in [1.807, 2.05) is 6.07 Å². The van der Waals surface area contributed by atoms with Crippen LogP contribution in [0.15, 0.2) is 35.3 Å². The highest BCUT2D eigenvalue weighted by Gasteiger charge is 2.35. The smallest absolute Gasteiger partial charge is 0.325 e. The number of methoxy groups -OCH3 is 1. The summed E-state index contributed by atoms with van der Waals surface area (Å²) in [6, 6.07) is 9.00. The van der Waals surface area contributed by atoms with Crippen molar-refractivity contribution in [2.45, 2.75) is 57.4 Å². The number of nitrogens with two attached hydrogens (primary N) is 1. The summed E-state index contributed by atoms with van der Waals surface area (Å²) in [4.78, 5) is 17.7. The van der Waals surface area contributed by atoms with E-state index in [-0.39, 0.29) is 5.69 Å². The standard InChI is InChI=1S/C24H30N4O3/c1-15-6-10-18(11-7-15)26-14-17-12-20(23(31-2)13-19(17)25)27-24(29)22-5-3-4-21(28(22)30)16-8-9-16/h3-5,12-16,18,25,29-30H,6-11H2,1-2H3/p+1. The number of ether oxygens (including phenoxy) is 1. The minimum Gasteiger partial charge on any atom is -0.494 e. The lowest BCUT2D eigenvalue weighted by atomic mass is 9.88. The normalized spacial score (nSPS) is 21.2. The number of rotatable bonds is 6. The molecule has 2 aromatic rings. The molecule has 2 aliphatic carbocycles. The molecule has 2 saturated carbocycles. The van der Waals surface area contributed by atoms with E-state index in [2.05, 4.69) is 12.2 Å². The van der Waals surface area contributed by atoms with E-state index in [0.717, 1.165) is 47.6 Å². The van der Waals surface area contributed by atoms with Crippen molar-refractivity contribution < 1.29 is 19.5 Å². The fourth-order valence-corrected chi connectivity index (χ4v) is 4.13. The van der Waals surface area contributed by atoms with E-state index in [4.69, 9.17) is 15.5 Å². The third-order valence-corrected chi connectivity index (χ3v) is 6.29. The lowest BCUT2D eigenvalue weighted by molar-refractivity contribution is -0.910. The first-order valence-electron chi connectivity index (χ1n) is 11.0. The highest BCUT2D eigenvalue weighted by molar-refractivity contribution is 6.04. The molecular formula is C24H31N4O3+. The molecule has 0 bridgehead atoms. The maximum absolute atomic E-state index is 12.9. The summed E-state index contributed by atoms with van der Waals surface area (Å²) in [5.74, 6) is 1.12. The minimum absolute atomic E-state index is 0.176. The Hall–Kier alpha value is -3.09. The van der Waals surface area contributed by atoms with Crippen molar-refractivity contribution in [1.29, 1.82) is 0 Å². The Kier molecular flexibility index (Phi) is 6.11. The molecular weight excluding hydrogens is 392 g/mol. The lowest BCUT2D eigenvalue weighted by Crippen LogP contribution is -2.43. The zero-order valence-corrected chi connectivity index (χ0v) is 18.2. The first-order chi connectivity index (χ1) is 15.0. The molecule has 0 radical (unpaired) electrons. The van der Waals surface area contributed by atoms with Crippen LogP contribution in [0.2, 0.25) is 0 Å². The molecule has 0 spiro atoms. The summed E-state index contributed by atoms with van der Waals surface area (Å²) >= 11 is 0. The molecule has 7 nitrogen and oxygen atoms in total. The quantitative estimate of drug-likeness (QED) is 0.284. The molecule has 4 N–H and O–H groups in total. The number of carbonyl (C=O) groups is 1. The van der Waals surface area contributed by atoms with E-state index in [1.165, 1.54) is 20.0 Å². The molecule has 0 atom stereocenters. The van der Waals surface area contributed by atoms with Gasteiger partial charge >= 0.3 is 11.6 Å². The number of nitrogen functional groups attached to an aromatic ring is 1. The van der Waals surface area contributed by atoms with Gasteiger partial charge in [0.1, 0.15) is 5.75 Å². The van der Waals surface area contributed by atoms with Gasteiger partial charge in [-0.05, 0) is 56.6 Å². The topological polar surface area (TPSA) is 101 Å². The third-order valence-electron chi connectivity index (χ3n) is 6.29. The highest BCUT2D eigenvalue weighted by Crippen LogP contribution is 2.38. The molecule has 1 amide bonds. The van der Waals surface area contributed by atoms with Crippen LogP contribution in [0.3, 0.4) is 0 Å². The highest BCUT2D eigenvalue weighted by atomic mass is 16.5. The van der Waals surface area contributed by atoms with Crippen molar-refractivity contribution in [2.75, 3.05) is 18.2 Å². The SMILES string of the molecule is COc1cc(N)c(C=NC2CCC(C)CC2)cc1NC(=O)c1cccc(C2CC2)[n+]1O. The summed E-state index contributed by atoms with van der Waals surface area (Å²) in [6.45, 7) is 2.28. The molecule has 2 fully saturated rings. The third kappa shape index (κ3) is 4.81. The molecule has 0 saturated heterocycles. The summed E-state index contributed by atoms with van der Waals surface area (Å²) < 4.78 is 6.41. The van der Waals surface area contributed by atoms with Gasteiger partial charge in [-0.25, -0.2) is 0 Å².